The Morgan fingerprint density at radius 1 is 0.400 bits per heavy atom. The van der Waals surface area contributed by atoms with Crippen molar-refractivity contribution in [2.24, 2.45) is 0 Å². The van der Waals surface area contributed by atoms with Gasteiger partial charge in [-0.3, -0.25) is 4.79 Å². The van der Waals surface area contributed by atoms with Crippen LogP contribution in [0.25, 0.3) is 0 Å². The first kappa shape index (κ1) is 39.0. The molecule has 0 aliphatic heterocycles. The predicted molar refractivity (Wildman–Crippen MR) is 179 cm³/mol. The van der Waals surface area contributed by atoms with Gasteiger partial charge in [0.05, 0.1) is 0 Å². The molecule has 0 fully saturated rings. The fraction of sp³-hybridized carbons (Fsp3) is 0.868. The maximum Gasteiger partial charge on any atom is 0.303 e. The van der Waals surface area contributed by atoms with E-state index in [0.717, 1.165) is 19.3 Å². The number of rotatable bonds is 34. The van der Waals surface area contributed by atoms with E-state index < -0.39 is 5.97 Å². The van der Waals surface area contributed by atoms with Crippen LogP contribution in [0.4, 0.5) is 0 Å². The van der Waals surface area contributed by atoms with Crippen LogP contribution in [0.2, 0.25) is 0 Å². The molecule has 2 nitrogen and oxygen atoms in total. The molecule has 1 N–H and O–H groups in total. The molecule has 236 valence electrons. The molecule has 0 aromatic carbocycles. The Morgan fingerprint density at radius 2 is 0.675 bits per heavy atom. The van der Waals surface area contributed by atoms with Crippen LogP contribution in [-0.2, 0) is 4.79 Å². The lowest BCUT2D eigenvalue weighted by Crippen LogP contribution is -1.93. The molecule has 0 aromatic heterocycles. The summed E-state index contributed by atoms with van der Waals surface area (Å²) in [7, 11) is 0. The van der Waals surface area contributed by atoms with Crippen molar-refractivity contribution >= 4 is 5.97 Å². The van der Waals surface area contributed by atoms with E-state index in [1.165, 1.54) is 180 Å². The van der Waals surface area contributed by atoms with Gasteiger partial charge in [0, 0.05) is 6.42 Å². The minimum absolute atomic E-state index is 0.344. The van der Waals surface area contributed by atoms with Crippen LogP contribution in [0.3, 0.4) is 0 Å². The molecule has 0 amide bonds. The van der Waals surface area contributed by atoms with E-state index in [0.29, 0.717) is 6.42 Å². The summed E-state index contributed by atoms with van der Waals surface area (Å²) in [6.45, 7) is 2.28. The van der Waals surface area contributed by atoms with Crippen LogP contribution < -0.4 is 0 Å². The molecule has 0 aliphatic carbocycles. The first-order valence-corrected chi connectivity index (χ1v) is 18.3. The minimum Gasteiger partial charge on any atom is -0.481 e. The Hall–Kier alpha value is -1.05. The zero-order valence-electron chi connectivity index (χ0n) is 27.3. The molecule has 0 heterocycles. The summed E-state index contributed by atoms with van der Waals surface area (Å²) in [5.41, 5.74) is 0. The summed E-state index contributed by atoms with van der Waals surface area (Å²) in [4.78, 5) is 10.5. The third-order valence-electron chi connectivity index (χ3n) is 8.34. The van der Waals surface area contributed by atoms with Crippen LogP contribution in [0, 0.1) is 0 Å². The van der Waals surface area contributed by atoms with Crippen molar-refractivity contribution in [3.05, 3.63) is 24.3 Å². The van der Waals surface area contributed by atoms with Crippen molar-refractivity contribution in [3.8, 4) is 0 Å². The van der Waals surface area contributed by atoms with E-state index in [1.807, 2.05) is 0 Å². The van der Waals surface area contributed by atoms with E-state index >= 15 is 0 Å². The predicted octanol–water partition coefficient (Wildman–Crippen LogP) is 13.7. The fourth-order valence-electron chi connectivity index (χ4n) is 5.62. The Balaban J connectivity index is 3.11. The van der Waals surface area contributed by atoms with Crippen LogP contribution in [0.15, 0.2) is 24.3 Å². The van der Waals surface area contributed by atoms with Gasteiger partial charge < -0.3 is 5.11 Å². The summed E-state index contributed by atoms with van der Waals surface area (Å²) >= 11 is 0. The first-order chi connectivity index (χ1) is 19.8. The summed E-state index contributed by atoms with van der Waals surface area (Å²) < 4.78 is 0. The number of carboxylic acids is 1. The highest BCUT2D eigenvalue weighted by Crippen LogP contribution is 2.16. The van der Waals surface area contributed by atoms with Crippen molar-refractivity contribution in [2.45, 2.75) is 212 Å². The van der Waals surface area contributed by atoms with Gasteiger partial charge in [-0.15, -0.1) is 0 Å². The molecule has 40 heavy (non-hydrogen) atoms. The maximum absolute atomic E-state index is 10.5. The second-order valence-corrected chi connectivity index (χ2v) is 12.4. The highest BCUT2D eigenvalue weighted by atomic mass is 16.4. The van der Waals surface area contributed by atoms with Gasteiger partial charge in [0.25, 0.3) is 0 Å². The van der Waals surface area contributed by atoms with Gasteiger partial charge in [-0.1, -0.05) is 192 Å². The van der Waals surface area contributed by atoms with Crippen LogP contribution >= 0.6 is 0 Å². The molecule has 0 radical (unpaired) electrons. The van der Waals surface area contributed by atoms with Gasteiger partial charge in [-0.05, 0) is 38.5 Å². The second-order valence-electron chi connectivity index (χ2n) is 12.4. The third kappa shape index (κ3) is 37.0. The first-order valence-electron chi connectivity index (χ1n) is 18.3. The third-order valence-corrected chi connectivity index (χ3v) is 8.34. The van der Waals surface area contributed by atoms with E-state index in [2.05, 4.69) is 31.2 Å². The fourth-order valence-corrected chi connectivity index (χ4v) is 5.62. The Kier molecular flexibility index (Phi) is 35.0. The molecule has 0 atom stereocenters. The summed E-state index contributed by atoms with van der Waals surface area (Å²) in [5.74, 6) is -0.650. The largest absolute Gasteiger partial charge is 0.481 e. The molecule has 0 saturated carbocycles. The number of hydrogen-bond donors (Lipinski definition) is 1. The smallest absolute Gasteiger partial charge is 0.303 e. The van der Waals surface area contributed by atoms with Crippen molar-refractivity contribution in [3.63, 3.8) is 0 Å². The Labute approximate surface area is 252 Å². The summed E-state index contributed by atoms with van der Waals surface area (Å²) in [5, 5.41) is 8.63. The van der Waals surface area contributed by atoms with Gasteiger partial charge in [-0.25, -0.2) is 0 Å². The van der Waals surface area contributed by atoms with Crippen molar-refractivity contribution < 1.29 is 9.90 Å². The number of carbonyl (C=O) groups is 1. The molecule has 0 aliphatic rings. The van der Waals surface area contributed by atoms with Crippen LogP contribution in [-0.4, -0.2) is 11.1 Å². The lowest BCUT2D eigenvalue weighted by Gasteiger charge is -2.04. The minimum atomic E-state index is -0.650. The highest BCUT2D eigenvalue weighted by molar-refractivity contribution is 5.66. The topological polar surface area (TPSA) is 37.3 Å². The summed E-state index contributed by atoms with van der Waals surface area (Å²) in [6, 6.07) is 0. The lowest BCUT2D eigenvalue weighted by molar-refractivity contribution is -0.137. The average Bonchev–Trinajstić information content (AvgIpc) is 2.95. The van der Waals surface area contributed by atoms with Gasteiger partial charge in [0.15, 0.2) is 0 Å². The SMILES string of the molecule is CCCCCCC/C=C\C/C=C\CCCCCCCCCCCCCCCCCCCCCCCCCC(=O)O. The molecule has 0 bridgehead atoms. The lowest BCUT2D eigenvalue weighted by atomic mass is 10.0. The number of aliphatic carboxylic acids is 1. The van der Waals surface area contributed by atoms with Gasteiger partial charge in [-0.2, -0.15) is 0 Å². The number of allylic oxidation sites excluding steroid dienone is 4. The van der Waals surface area contributed by atoms with E-state index in [4.69, 9.17) is 5.11 Å². The Morgan fingerprint density at radius 3 is 0.975 bits per heavy atom. The molecular weight excluding hydrogens is 488 g/mol. The normalized spacial score (nSPS) is 11.8. The van der Waals surface area contributed by atoms with Crippen LogP contribution in [0.1, 0.15) is 212 Å². The Bertz CT molecular complexity index is 536. The number of carboxylic acid groups (broad SMARTS) is 1. The number of hydrogen-bond acceptors (Lipinski definition) is 1. The standard InChI is InChI=1S/C38H72O2/c1-2-3-4-5-6-7-8-9-10-11-12-13-14-15-16-17-18-19-20-21-22-23-24-25-26-27-28-29-30-31-32-33-34-35-36-37-38(39)40/h8-9,11-12H,2-7,10,13-37H2,1H3,(H,39,40)/b9-8-,12-11-. The van der Waals surface area contributed by atoms with Crippen molar-refractivity contribution in [1.82, 2.24) is 0 Å². The van der Waals surface area contributed by atoms with Gasteiger partial charge in [0.1, 0.15) is 0 Å². The number of unbranched alkanes of at least 4 members (excludes halogenated alkanes) is 28. The second kappa shape index (κ2) is 36.0. The van der Waals surface area contributed by atoms with E-state index in [9.17, 15) is 4.79 Å². The quantitative estimate of drug-likeness (QED) is 0.0627. The maximum atomic E-state index is 10.5. The monoisotopic (exact) mass is 561 g/mol. The molecule has 0 aromatic rings. The van der Waals surface area contributed by atoms with Gasteiger partial charge >= 0.3 is 5.97 Å². The zero-order chi connectivity index (χ0) is 29.0. The van der Waals surface area contributed by atoms with E-state index in [1.54, 1.807) is 0 Å². The molecule has 0 unspecified atom stereocenters. The molecule has 0 saturated heterocycles. The molecule has 2 heteroatoms. The van der Waals surface area contributed by atoms with Crippen molar-refractivity contribution in [2.75, 3.05) is 0 Å². The zero-order valence-corrected chi connectivity index (χ0v) is 27.3. The summed E-state index contributed by atoms with van der Waals surface area (Å²) in [6.07, 6.45) is 51.9. The molecule has 0 rings (SSSR count). The average molecular weight is 561 g/mol. The molecule has 0 spiro atoms. The van der Waals surface area contributed by atoms with Crippen molar-refractivity contribution in [1.29, 1.82) is 0 Å². The van der Waals surface area contributed by atoms with Gasteiger partial charge in [0.2, 0.25) is 0 Å². The highest BCUT2D eigenvalue weighted by Gasteiger charge is 1.98. The van der Waals surface area contributed by atoms with Crippen LogP contribution in [0.5, 0.6) is 0 Å². The molecular formula is C38H72O2. The van der Waals surface area contributed by atoms with E-state index in [-0.39, 0.29) is 0 Å².